The molecule has 140 valence electrons. The highest BCUT2D eigenvalue weighted by atomic mass is 35.5. The largest absolute Gasteiger partial charge is 0.495 e. The van der Waals surface area contributed by atoms with Crippen molar-refractivity contribution in [2.75, 3.05) is 23.9 Å². The Bertz CT molecular complexity index is 913. The van der Waals surface area contributed by atoms with Crippen molar-refractivity contribution in [3.63, 3.8) is 0 Å². The first kappa shape index (κ1) is 18.9. The molecule has 1 unspecified atom stereocenters. The minimum Gasteiger partial charge on any atom is -0.495 e. The van der Waals surface area contributed by atoms with Crippen LogP contribution in [0.5, 0.6) is 5.75 Å². The maximum absolute atomic E-state index is 12.6. The summed E-state index contributed by atoms with van der Waals surface area (Å²) < 4.78 is 5.12. The zero-order chi connectivity index (χ0) is 19.6. The number of anilines is 2. The highest BCUT2D eigenvalue weighted by molar-refractivity contribution is 6.32. The number of ketones is 1. The number of halogens is 1. The van der Waals surface area contributed by atoms with Gasteiger partial charge in [0.05, 0.1) is 18.1 Å². The van der Waals surface area contributed by atoms with Crippen molar-refractivity contribution in [1.29, 1.82) is 0 Å². The van der Waals surface area contributed by atoms with Crippen molar-refractivity contribution in [2.24, 2.45) is 5.92 Å². The number of carbonyl (C=O) groups excluding carboxylic acids is 3. The second-order valence-electron chi connectivity index (χ2n) is 6.35. The first-order valence-corrected chi connectivity index (χ1v) is 8.82. The molecule has 7 heteroatoms. The number of Topliss-reactive ketones (excluding diaryl/α,β-unsaturated/α-hetero) is 1. The van der Waals surface area contributed by atoms with E-state index >= 15 is 0 Å². The average molecular weight is 387 g/mol. The lowest BCUT2D eigenvalue weighted by Gasteiger charge is -2.18. The Morgan fingerprint density at radius 2 is 2.00 bits per heavy atom. The molecular weight excluding hydrogens is 368 g/mol. The summed E-state index contributed by atoms with van der Waals surface area (Å²) in [4.78, 5) is 38.0. The van der Waals surface area contributed by atoms with Crippen LogP contribution >= 0.6 is 11.6 Å². The number of carbonyl (C=O) groups is 3. The molecule has 2 amide bonds. The van der Waals surface area contributed by atoms with Crippen molar-refractivity contribution in [2.45, 2.75) is 13.3 Å². The Hall–Kier alpha value is -2.86. The van der Waals surface area contributed by atoms with Crippen molar-refractivity contribution >= 4 is 40.6 Å². The molecule has 1 aliphatic rings. The van der Waals surface area contributed by atoms with Crippen LogP contribution in [0.1, 0.15) is 23.7 Å². The predicted molar refractivity (Wildman–Crippen MR) is 104 cm³/mol. The average Bonchev–Trinajstić information content (AvgIpc) is 3.03. The van der Waals surface area contributed by atoms with Gasteiger partial charge in [0.15, 0.2) is 5.78 Å². The third kappa shape index (κ3) is 4.11. The molecule has 0 spiro atoms. The van der Waals surface area contributed by atoms with Crippen molar-refractivity contribution in [3.8, 4) is 5.75 Å². The minimum absolute atomic E-state index is 0.0790. The summed E-state index contributed by atoms with van der Waals surface area (Å²) in [7, 11) is 1.52. The molecule has 1 aliphatic heterocycles. The molecule has 0 aromatic heterocycles. The van der Waals surface area contributed by atoms with Gasteiger partial charge in [0, 0.05) is 29.9 Å². The Balaban J connectivity index is 1.71. The summed E-state index contributed by atoms with van der Waals surface area (Å²) in [5.41, 5.74) is 1.68. The van der Waals surface area contributed by atoms with Crippen LogP contribution in [0.4, 0.5) is 11.4 Å². The maximum atomic E-state index is 12.6. The SMILES string of the molecule is COc1ccc(N2CC(C(=O)Nc3cccc(C(C)=O)c3)CC2=O)cc1Cl. The minimum atomic E-state index is -0.487. The van der Waals surface area contributed by atoms with E-state index in [1.165, 1.54) is 14.0 Å². The van der Waals surface area contributed by atoms with E-state index in [0.717, 1.165) is 0 Å². The summed E-state index contributed by atoms with van der Waals surface area (Å²) in [6, 6.07) is 11.8. The van der Waals surface area contributed by atoms with Crippen LogP contribution in [0.3, 0.4) is 0 Å². The summed E-state index contributed by atoms with van der Waals surface area (Å²) in [6.07, 6.45) is 0.113. The monoisotopic (exact) mass is 386 g/mol. The molecule has 1 N–H and O–H groups in total. The number of rotatable bonds is 5. The van der Waals surface area contributed by atoms with E-state index in [1.54, 1.807) is 47.4 Å². The molecule has 1 atom stereocenters. The van der Waals surface area contributed by atoms with E-state index in [4.69, 9.17) is 16.3 Å². The predicted octanol–water partition coefficient (Wildman–Crippen LogP) is 3.54. The molecule has 1 saturated heterocycles. The van der Waals surface area contributed by atoms with Gasteiger partial charge in [-0.2, -0.15) is 0 Å². The van der Waals surface area contributed by atoms with Crippen LogP contribution in [-0.2, 0) is 9.59 Å². The molecule has 3 rings (SSSR count). The van der Waals surface area contributed by atoms with E-state index in [9.17, 15) is 14.4 Å². The number of ether oxygens (including phenoxy) is 1. The lowest BCUT2D eigenvalue weighted by molar-refractivity contribution is -0.122. The normalized spacial score (nSPS) is 16.3. The third-order valence-electron chi connectivity index (χ3n) is 4.48. The van der Waals surface area contributed by atoms with E-state index in [1.807, 2.05) is 0 Å². The van der Waals surface area contributed by atoms with Crippen LogP contribution in [0.15, 0.2) is 42.5 Å². The topological polar surface area (TPSA) is 75.7 Å². The van der Waals surface area contributed by atoms with Crippen molar-refractivity contribution in [1.82, 2.24) is 0 Å². The number of nitrogens with one attached hydrogen (secondary N) is 1. The standard InChI is InChI=1S/C20H19ClN2O4/c1-12(24)13-4-3-5-15(8-13)22-20(26)14-9-19(25)23(11-14)16-6-7-18(27-2)17(21)10-16/h3-8,10,14H,9,11H2,1-2H3,(H,22,26). The Morgan fingerprint density at radius 3 is 2.67 bits per heavy atom. The fourth-order valence-electron chi connectivity index (χ4n) is 3.02. The van der Waals surface area contributed by atoms with Crippen molar-refractivity contribution in [3.05, 3.63) is 53.1 Å². The van der Waals surface area contributed by atoms with Gasteiger partial charge in [-0.1, -0.05) is 23.7 Å². The molecule has 2 aromatic rings. The van der Waals surface area contributed by atoms with Gasteiger partial charge in [-0.3, -0.25) is 14.4 Å². The van der Waals surface area contributed by atoms with Gasteiger partial charge < -0.3 is 15.0 Å². The first-order chi connectivity index (χ1) is 12.9. The van der Waals surface area contributed by atoms with Crippen LogP contribution in [-0.4, -0.2) is 31.3 Å². The molecule has 1 fully saturated rings. The number of hydrogen-bond donors (Lipinski definition) is 1. The van der Waals surface area contributed by atoms with Gasteiger partial charge in [0.1, 0.15) is 5.75 Å². The number of methoxy groups -OCH3 is 1. The number of nitrogens with zero attached hydrogens (tertiary/aromatic N) is 1. The van der Waals surface area contributed by atoms with E-state index in [0.29, 0.717) is 27.7 Å². The van der Waals surface area contributed by atoms with Crippen LogP contribution < -0.4 is 15.0 Å². The molecule has 0 saturated carbocycles. The molecule has 27 heavy (non-hydrogen) atoms. The summed E-state index contributed by atoms with van der Waals surface area (Å²) in [6.45, 7) is 1.73. The molecule has 0 bridgehead atoms. The van der Waals surface area contributed by atoms with Gasteiger partial charge in [-0.25, -0.2) is 0 Å². The third-order valence-corrected chi connectivity index (χ3v) is 4.77. The highest BCUT2D eigenvalue weighted by Crippen LogP contribution is 2.32. The van der Waals surface area contributed by atoms with Gasteiger partial charge in [-0.15, -0.1) is 0 Å². The zero-order valence-electron chi connectivity index (χ0n) is 15.0. The summed E-state index contributed by atoms with van der Waals surface area (Å²) in [5.74, 6) is -0.448. The van der Waals surface area contributed by atoms with Gasteiger partial charge in [0.25, 0.3) is 0 Å². The lowest BCUT2D eigenvalue weighted by Crippen LogP contribution is -2.28. The Labute approximate surface area is 162 Å². The van der Waals surface area contributed by atoms with Gasteiger partial charge in [0.2, 0.25) is 11.8 Å². The van der Waals surface area contributed by atoms with Gasteiger partial charge >= 0.3 is 0 Å². The zero-order valence-corrected chi connectivity index (χ0v) is 15.7. The number of amides is 2. The summed E-state index contributed by atoms with van der Waals surface area (Å²) in [5, 5.41) is 3.18. The smallest absolute Gasteiger partial charge is 0.229 e. The van der Waals surface area contributed by atoms with Crippen LogP contribution in [0.2, 0.25) is 5.02 Å². The van der Waals surface area contributed by atoms with Crippen molar-refractivity contribution < 1.29 is 19.1 Å². The van der Waals surface area contributed by atoms with E-state index in [-0.39, 0.29) is 30.6 Å². The number of benzene rings is 2. The summed E-state index contributed by atoms with van der Waals surface area (Å²) >= 11 is 6.13. The Morgan fingerprint density at radius 1 is 1.22 bits per heavy atom. The molecule has 2 aromatic carbocycles. The first-order valence-electron chi connectivity index (χ1n) is 8.45. The second-order valence-corrected chi connectivity index (χ2v) is 6.76. The maximum Gasteiger partial charge on any atom is 0.229 e. The van der Waals surface area contributed by atoms with E-state index in [2.05, 4.69) is 5.32 Å². The fourth-order valence-corrected chi connectivity index (χ4v) is 3.27. The van der Waals surface area contributed by atoms with Gasteiger partial charge in [-0.05, 0) is 37.3 Å². The van der Waals surface area contributed by atoms with E-state index < -0.39 is 5.92 Å². The molecule has 6 nitrogen and oxygen atoms in total. The van der Waals surface area contributed by atoms with Crippen LogP contribution in [0, 0.1) is 5.92 Å². The number of hydrogen-bond acceptors (Lipinski definition) is 4. The second kappa shape index (κ2) is 7.80. The highest BCUT2D eigenvalue weighted by Gasteiger charge is 2.35. The fraction of sp³-hybridized carbons (Fsp3) is 0.250. The quantitative estimate of drug-likeness (QED) is 0.797. The molecule has 0 radical (unpaired) electrons. The molecule has 0 aliphatic carbocycles. The van der Waals surface area contributed by atoms with Crippen LogP contribution in [0.25, 0.3) is 0 Å². The molecular formula is C20H19ClN2O4. The lowest BCUT2D eigenvalue weighted by atomic mass is 10.1. The Kier molecular flexibility index (Phi) is 5.46. The molecule has 1 heterocycles.